The topological polar surface area (TPSA) is 80.3 Å². The predicted molar refractivity (Wildman–Crippen MR) is 51.0 cm³/mol. The molecule has 5 nitrogen and oxygen atoms in total. The fraction of sp³-hybridized carbons (Fsp3) is 0. The van der Waals surface area contributed by atoms with E-state index in [9.17, 15) is 16.8 Å². The molecular formula is C6H5NO4S3. The number of nitrogens with one attached hydrogen (secondary N) is 1. The number of sulfonamides is 1. The van der Waals surface area contributed by atoms with E-state index in [1.165, 1.54) is 11.4 Å². The molecule has 1 N–H and O–H groups in total. The molecule has 1 aliphatic rings. The van der Waals surface area contributed by atoms with Gasteiger partial charge in [-0.15, -0.1) is 11.3 Å². The Balaban J connectivity index is 2.89. The molecule has 8 heteroatoms. The molecule has 14 heavy (non-hydrogen) atoms. The molecule has 1 aromatic rings. The molecule has 0 amide bonds. The van der Waals surface area contributed by atoms with Crippen LogP contribution in [0.2, 0.25) is 0 Å². The van der Waals surface area contributed by atoms with E-state index in [-0.39, 0.29) is 9.10 Å². The lowest BCUT2D eigenvalue weighted by molar-refractivity contribution is 0.587. The summed E-state index contributed by atoms with van der Waals surface area (Å²) in [6.45, 7) is 0. The smallest absolute Gasteiger partial charge is 0.272 e. The van der Waals surface area contributed by atoms with Crippen LogP contribution in [0.1, 0.15) is 0 Å². The monoisotopic (exact) mass is 251 g/mol. The zero-order valence-corrected chi connectivity index (χ0v) is 9.12. The first-order valence-electron chi connectivity index (χ1n) is 3.45. The summed E-state index contributed by atoms with van der Waals surface area (Å²) in [5, 5.41) is 2.27. The van der Waals surface area contributed by atoms with Crippen molar-refractivity contribution < 1.29 is 16.8 Å². The van der Waals surface area contributed by atoms with Crippen LogP contribution in [0.3, 0.4) is 0 Å². The molecular weight excluding hydrogens is 246 g/mol. The summed E-state index contributed by atoms with van der Waals surface area (Å²) in [7, 11) is -7.32. The third kappa shape index (κ3) is 1.35. The van der Waals surface area contributed by atoms with Gasteiger partial charge in [-0.3, -0.25) is 4.72 Å². The van der Waals surface area contributed by atoms with E-state index in [0.717, 1.165) is 22.9 Å². The van der Waals surface area contributed by atoms with Gasteiger partial charge in [-0.05, 0) is 11.4 Å². The van der Waals surface area contributed by atoms with Gasteiger partial charge in [-0.25, -0.2) is 16.8 Å². The fourth-order valence-corrected chi connectivity index (χ4v) is 5.27. The number of fused-ring (bicyclic) bond motifs is 1. The van der Waals surface area contributed by atoms with Crippen LogP contribution in [0.15, 0.2) is 32.2 Å². The maximum atomic E-state index is 11.5. The minimum absolute atomic E-state index is 0.163. The lowest BCUT2D eigenvalue weighted by Crippen LogP contribution is -2.15. The summed E-state index contributed by atoms with van der Waals surface area (Å²) >= 11 is 0.878. The Bertz CT molecular complexity index is 593. The minimum atomic E-state index is -3.70. The second-order valence-corrected chi connectivity index (χ2v) is 7.17. The predicted octanol–water partition coefficient (Wildman–Crippen LogP) is 0.285. The highest BCUT2D eigenvalue weighted by molar-refractivity contribution is 7.97. The lowest BCUT2D eigenvalue weighted by atomic mass is 10.7. The second-order valence-electron chi connectivity index (χ2n) is 2.54. The summed E-state index contributed by atoms with van der Waals surface area (Å²) < 4.78 is 47.6. The molecule has 76 valence electrons. The van der Waals surface area contributed by atoms with Crippen molar-refractivity contribution in [2.75, 3.05) is 0 Å². The van der Waals surface area contributed by atoms with Gasteiger partial charge in [0.05, 0.1) is 5.41 Å². The van der Waals surface area contributed by atoms with Crippen LogP contribution in [0.4, 0.5) is 0 Å². The van der Waals surface area contributed by atoms with Gasteiger partial charge in [0, 0.05) is 6.20 Å². The molecule has 0 saturated carbocycles. The van der Waals surface area contributed by atoms with Crippen molar-refractivity contribution in [3.8, 4) is 0 Å². The normalized spacial score (nSPS) is 22.0. The Labute approximate surface area is 85.0 Å². The largest absolute Gasteiger partial charge is 0.285 e. The van der Waals surface area contributed by atoms with E-state index >= 15 is 0 Å². The maximum absolute atomic E-state index is 11.5. The number of thiophene rings is 1. The lowest BCUT2D eigenvalue weighted by Gasteiger charge is -1.98. The molecule has 0 atom stereocenters. The van der Waals surface area contributed by atoms with Gasteiger partial charge in [-0.2, -0.15) is 0 Å². The molecule has 2 rings (SSSR count). The second kappa shape index (κ2) is 2.81. The third-order valence-corrected chi connectivity index (χ3v) is 6.13. The molecule has 2 heterocycles. The van der Waals surface area contributed by atoms with E-state index in [0.29, 0.717) is 0 Å². The maximum Gasteiger partial charge on any atom is 0.272 e. The van der Waals surface area contributed by atoms with Gasteiger partial charge in [0.2, 0.25) is 9.84 Å². The number of rotatable bonds is 0. The van der Waals surface area contributed by atoms with Gasteiger partial charge < -0.3 is 0 Å². The van der Waals surface area contributed by atoms with E-state index in [2.05, 4.69) is 0 Å². The Morgan fingerprint density at radius 3 is 2.64 bits per heavy atom. The summed E-state index contributed by atoms with van der Waals surface area (Å²) in [5.41, 5.74) is 0. The molecule has 0 fully saturated rings. The molecule has 0 radical (unpaired) electrons. The average molecular weight is 251 g/mol. The molecule has 0 aromatic carbocycles. The summed E-state index contributed by atoms with van der Waals surface area (Å²) in [4.78, 5) is -0.163. The van der Waals surface area contributed by atoms with E-state index in [1.54, 1.807) is 0 Å². The van der Waals surface area contributed by atoms with Gasteiger partial charge in [-0.1, -0.05) is 0 Å². The van der Waals surface area contributed by atoms with Crippen LogP contribution in [-0.2, 0) is 19.9 Å². The van der Waals surface area contributed by atoms with Crippen LogP contribution < -0.4 is 4.72 Å². The molecule has 0 aliphatic carbocycles. The fourth-order valence-electron chi connectivity index (χ4n) is 1.02. The molecule has 0 unspecified atom stereocenters. The highest BCUT2D eigenvalue weighted by Crippen LogP contribution is 2.29. The summed E-state index contributed by atoms with van der Waals surface area (Å²) in [5.74, 6) is 0. The zero-order valence-electron chi connectivity index (χ0n) is 6.67. The SMILES string of the molecule is O=S1(=O)C=CNS(=O)(=O)c2sccc21. The van der Waals surface area contributed by atoms with Gasteiger partial charge >= 0.3 is 0 Å². The van der Waals surface area contributed by atoms with E-state index < -0.39 is 19.9 Å². The summed E-state index contributed by atoms with van der Waals surface area (Å²) in [6, 6.07) is 1.28. The minimum Gasteiger partial charge on any atom is -0.285 e. The van der Waals surface area contributed by atoms with Crippen LogP contribution in [0, 0.1) is 0 Å². The zero-order chi connectivity index (χ0) is 10.4. The number of hydrogen-bond acceptors (Lipinski definition) is 5. The van der Waals surface area contributed by atoms with Crippen molar-refractivity contribution in [2.24, 2.45) is 0 Å². The Morgan fingerprint density at radius 2 is 1.93 bits per heavy atom. The van der Waals surface area contributed by atoms with Crippen LogP contribution in [-0.4, -0.2) is 16.8 Å². The highest BCUT2D eigenvalue weighted by atomic mass is 32.2. The standard InChI is InChI=1S/C6H5NO4S3/c8-13(9)4-2-7-14(10,11)6-5(13)1-3-12-6/h1-4,7H. The van der Waals surface area contributed by atoms with Crippen molar-refractivity contribution in [1.82, 2.24) is 4.72 Å². The van der Waals surface area contributed by atoms with Crippen molar-refractivity contribution in [2.45, 2.75) is 9.10 Å². The first kappa shape index (κ1) is 9.69. The quantitative estimate of drug-likeness (QED) is 0.718. The van der Waals surface area contributed by atoms with Gasteiger partial charge in [0.1, 0.15) is 4.90 Å². The van der Waals surface area contributed by atoms with E-state index in [4.69, 9.17) is 0 Å². The van der Waals surface area contributed by atoms with Crippen molar-refractivity contribution in [3.63, 3.8) is 0 Å². The van der Waals surface area contributed by atoms with Crippen LogP contribution >= 0.6 is 11.3 Å². The summed E-state index contributed by atoms with van der Waals surface area (Å²) in [6.07, 6.45) is 0.914. The molecule has 1 aromatic heterocycles. The highest BCUT2D eigenvalue weighted by Gasteiger charge is 2.28. The van der Waals surface area contributed by atoms with E-state index in [1.807, 2.05) is 4.72 Å². The molecule has 0 spiro atoms. The van der Waals surface area contributed by atoms with Gasteiger partial charge in [0.15, 0.2) is 4.21 Å². The molecule has 1 aliphatic heterocycles. The van der Waals surface area contributed by atoms with Crippen LogP contribution in [0.5, 0.6) is 0 Å². The van der Waals surface area contributed by atoms with Crippen molar-refractivity contribution in [3.05, 3.63) is 23.1 Å². The first-order valence-corrected chi connectivity index (χ1v) is 7.36. The van der Waals surface area contributed by atoms with Crippen LogP contribution in [0.25, 0.3) is 0 Å². The van der Waals surface area contributed by atoms with Crippen molar-refractivity contribution >= 4 is 31.2 Å². The van der Waals surface area contributed by atoms with Crippen molar-refractivity contribution in [1.29, 1.82) is 0 Å². The number of hydrogen-bond donors (Lipinski definition) is 1. The molecule has 0 bridgehead atoms. The number of sulfone groups is 1. The molecule has 0 saturated heterocycles. The average Bonchev–Trinajstić information content (AvgIpc) is 2.48. The van der Waals surface area contributed by atoms with Gasteiger partial charge in [0.25, 0.3) is 10.0 Å². The Morgan fingerprint density at radius 1 is 1.21 bits per heavy atom. The Hall–Kier alpha value is -0.860. The third-order valence-electron chi connectivity index (χ3n) is 1.62. The Kier molecular flexibility index (Phi) is 1.95. The first-order chi connectivity index (χ1) is 6.43.